The highest BCUT2D eigenvalue weighted by atomic mass is 16.3. The summed E-state index contributed by atoms with van der Waals surface area (Å²) in [5.74, 6) is 0.0775. The van der Waals surface area contributed by atoms with Crippen LogP contribution in [0.15, 0.2) is 0 Å². The molecule has 1 rings (SSSR count). The molecule has 0 aromatic heterocycles. The van der Waals surface area contributed by atoms with Crippen LogP contribution < -0.4 is 10.6 Å². The van der Waals surface area contributed by atoms with E-state index >= 15 is 0 Å². The second-order valence-corrected chi connectivity index (χ2v) is 6.26. The van der Waals surface area contributed by atoms with Gasteiger partial charge < -0.3 is 15.7 Å². The van der Waals surface area contributed by atoms with Crippen molar-refractivity contribution < 1.29 is 9.90 Å². The molecule has 17 heavy (non-hydrogen) atoms. The fourth-order valence-electron chi connectivity index (χ4n) is 2.47. The molecule has 2 unspecified atom stereocenters. The number of carbonyl (C=O) groups excluding carboxylic acids is 1. The monoisotopic (exact) mass is 242 g/mol. The van der Waals surface area contributed by atoms with Gasteiger partial charge in [-0.05, 0) is 45.1 Å². The smallest absolute Gasteiger partial charge is 0.240 e. The molecule has 1 fully saturated rings. The van der Waals surface area contributed by atoms with Gasteiger partial charge >= 0.3 is 0 Å². The van der Waals surface area contributed by atoms with Gasteiger partial charge in [0.25, 0.3) is 0 Å². The third kappa shape index (κ3) is 4.28. The molecule has 0 bridgehead atoms. The second-order valence-electron chi connectivity index (χ2n) is 6.26. The fourth-order valence-corrected chi connectivity index (χ4v) is 2.47. The summed E-state index contributed by atoms with van der Waals surface area (Å²) < 4.78 is 0. The lowest BCUT2D eigenvalue weighted by Crippen LogP contribution is -2.52. The summed E-state index contributed by atoms with van der Waals surface area (Å²) in [6.07, 6.45) is 2.32. The first kappa shape index (κ1) is 14.5. The minimum absolute atomic E-state index is 0.0706. The summed E-state index contributed by atoms with van der Waals surface area (Å²) in [5.41, 5.74) is -0.473. The highest BCUT2D eigenvalue weighted by Crippen LogP contribution is 2.23. The number of nitrogens with one attached hydrogen (secondary N) is 2. The van der Waals surface area contributed by atoms with Crippen molar-refractivity contribution in [1.29, 1.82) is 0 Å². The van der Waals surface area contributed by atoms with E-state index in [1.54, 1.807) is 6.92 Å². The third-order valence-electron chi connectivity index (χ3n) is 3.45. The minimum atomic E-state index is -0.402. The minimum Gasteiger partial charge on any atom is -0.393 e. The third-order valence-corrected chi connectivity index (χ3v) is 3.45. The van der Waals surface area contributed by atoms with Crippen LogP contribution in [0, 0.1) is 5.41 Å². The van der Waals surface area contributed by atoms with Crippen molar-refractivity contribution in [2.24, 2.45) is 5.41 Å². The Hall–Kier alpha value is -0.610. The normalized spacial score (nSPS) is 26.9. The van der Waals surface area contributed by atoms with Crippen molar-refractivity contribution in [3.8, 4) is 0 Å². The van der Waals surface area contributed by atoms with Crippen molar-refractivity contribution in [1.82, 2.24) is 10.6 Å². The first-order valence-electron chi connectivity index (χ1n) is 6.47. The molecule has 2 atom stereocenters. The fraction of sp³-hybridized carbons (Fsp3) is 0.923. The molecule has 0 spiro atoms. The quantitative estimate of drug-likeness (QED) is 0.675. The Kier molecular flexibility index (Phi) is 4.55. The molecule has 3 N–H and O–H groups in total. The summed E-state index contributed by atoms with van der Waals surface area (Å²) >= 11 is 0. The van der Waals surface area contributed by atoms with E-state index in [0.29, 0.717) is 13.0 Å². The van der Waals surface area contributed by atoms with Crippen LogP contribution in [-0.4, -0.2) is 35.7 Å². The maximum Gasteiger partial charge on any atom is 0.240 e. The highest BCUT2D eigenvalue weighted by molar-refractivity contribution is 5.86. The van der Waals surface area contributed by atoms with E-state index < -0.39 is 5.54 Å². The van der Waals surface area contributed by atoms with E-state index in [1.807, 2.05) is 6.92 Å². The molecule has 0 radical (unpaired) electrons. The number of hydrogen-bond donors (Lipinski definition) is 3. The van der Waals surface area contributed by atoms with Gasteiger partial charge in [0.2, 0.25) is 5.91 Å². The SMILES string of the molecule is CC(O)CC(C)(C)CNC(=O)C1(C)CCCN1. The Bertz CT molecular complexity index is 269. The van der Waals surface area contributed by atoms with Gasteiger partial charge in [-0.2, -0.15) is 0 Å². The summed E-state index contributed by atoms with van der Waals surface area (Å²) in [6.45, 7) is 9.38. The standard InChI is InChI=1S/C13H26N2O2/c1-10(16)8-12(2,3)9-14-11(17)13(4)6-5-7-15-13/h10,15-16H,5-9H2,1-4H3,(H,14,17). The van der Waals surface area contributed by atoms with Gasteiger partial charge in [-0.1, -0.05) is 13.8 Å². The maximum absolute atomic E-state index is 12.1. The van der Waals surface area contributed by atoms with E-state index in [9.17, 15) is 9.90 Å². The van der Waals surface area contributed by atoms with Crippen LogP contribution in [-0.2, 0) is 4.79 Å². The molecule has 0 saturated carbocycles. The highest BCUT2D eigenvalue weighted by Gasteiger charge is 2.36. The van der Waals surface area contributed by atoms with Crippen LogP contribution in [0.25, 0.3) is 0 Å². The lowest BCUT2D eigenvalue weighted by molar-refractivity contribution is -0.127. The van der Waals surface area contributed by atoms with Gasteiger partial charge in [0.05, 0.1) is 11.6 Å². The molecule has 1 saturated heterocycles. The molecular weight excluding hydrogens is 216 g/mol. The average Bonchev–Trinajstić information content (AvgIpc) is 2.61. The molecule has 0 aromatic carbocycles. The van der Waals surface area contributed by atoms with E-state index in [0.717, 1.165) is 19.4 Å². The van der Waals surface area contributed by atoms with Crippen LogP contribution in [0.4, 0.5) is 0 Å². The lowest BCUT2D eigenvalue weighted by Gasteiger charge is -2.29. The van der Waals surface area contributed by atoms with Crippen LogP contribution in [0.3, 0.4) is 0 Å². The van der Waals surface area contributed by atoms with E-state index in [1.165, 1.54) is 0 Å². The van der Waals surface area contributed by atoms with E-state index in [2.05, 4.69) is 24.5 Å². The zero-order chi connectivity index (χ0) is 13.1. The van der Waals surface area contributed by atoms with Crippen molar-refractivity contribution >= 4 is 5.91 Å². The molecule has 1 aliphatic rings. The molecule has 100 valence electrons. The van der Waals surface area contributed by atoms with Crippen molar-refractivity contribution in [2.75, 3.05) is 13.1 Å². The predicted octanol–water partition coefficient (Wildman–Crippen LogP) is 1.04. The van der Waals surface area contributed by atoms with Crippen LogP contribution in [0.1, 0.15) is 47.0 Å². The zero-order valence-electron chi connectivity index (χ0n) is 11.5. The van der Waals surface area contributed by atoms with Gasteiger partial charge in [-0.25, -0.2) is 0 Å². The number of aliphatic hydroxyl groups is 1. The number of hydrogen-bond acceptors (Lipinski definition) is 3. The Morgan fingerprint density at radius 3 is 2.71 bits per heavy atom. The topological polar surface area (TPSA) is 61.4 Å². The summed E-state index contributed by atoms with van der Waals surface area (Å²) in [5, 5.41) is 15.6. The van der Waals surface area contributed by atoms with Gasteiger partial charge in [0.1, 0.15) is 0 Å². The average molecular weight is 242 g/mol. The summed E-state index contributed by atoms with van der Waals surface area (Å²) in [4.78, 5) is 12.1. The molecule has 1 heterocycles. The van der Waals surface area contributed by atoms with Crippen molar-refractivity contribution in [3.05, 3.63) is 0 Å². The Morgan fingerprint density at radius 2 is 2.24 bits per heavy atom. The Balaban J connectivity index is 2.42. The van der Waals surface area contributed by atoms with E-state index in [-0.39, 0.29) is 17.4 Å². The zero-order valence-corrected chi connectivity index (χ0v) is 11.5. The summed E-state index contributed by atoms with van der Waals surface area (Å²) in [7, 11) is 0. The van der Waals surface area contributed by atoms with Gasteiger partial charge in [-0.3, -0.25) is 4.79 Å². The number of amides is 1. The lowest BCUT2D eigenvalue weighted by atomic mass is 9.86. The van der Waals surface area contributed by atoms with Crippen LogP contribution in [0.2, 0.25) is 0 Å². The largest absolute Gasteiger partial charge is 0.393 e. The van der Waals surface area contributed by atoms with Crippen LogP contribution >= 0.6 is 0 Å². The molecule has 1 aliphatic heterocycles. The predicted molar refractivity (Wildman–Crippen MR) is 68.7 cm³/mol. The first-order valence-corrected chi connectivity index (χ1v) is 6.47. The molecule has 0 aromatic rings. The molecule has 0 aliphatic carbocycles. The second kappa shape index (κ2) is 5.36. The van der Waals surface area contributed by atoms with Crippen LogP contribution in [0.5, 0.6) is 0 Å². The first-order chi connectivity index (χ1) is 7.75. The molecule has 4 nitrogen and oxygen atoms in total. The van der Waals surface area contributed by atoms with Gasteiger partial charge in [0, 0.05) is 6.54 Å². The molecular formula is C13H26N2O2. The Labute approximate surface area is 104 Å². The maximum atomic E-state index is 12.1. The van der Waals surface area contributed by atoms with Gasteiger partial charge in [-0.15, -0.1) is 0 Å². The molecule has 4 heteroatoms. The summed E-state index contributed by atoms with van der Waals surface area (Å²) in [6, 6.07) is 0. The Morgan fingerprint density at radius 1 is 1.59 bits per heavy atom. The van der Waals surface area contributed by atoms with Crippen molar-refractivity contribution in [2.45, 2.75) is 58.6 Å². The number of carbonyl (C=O) groups is 1. The van der Waals surface area contributed by atoms with E-state index in [4.69, 9.17) is 0 Å². The number of aliphatic hydroxyl groups excluding tert-OH is 1. The number of rotatable bonds is 5. The molecule has 1 amide bonds. The van der Waals surface area contributed by atoms with Crippen molar-refractivity contribution in [3.63, 3.8) is 0 Å². The van der Waals surface area contributed by atoms with Gasteiger partial charge in [0.15, 0.2) is 0 Å².